The van der Waals surface area contributed by atoms with Crippen LogP contribution >= 0.6 is 22.6 Å². The molecule has 8 nitrogen and oxygen atoms in total. The van der Waals surface area contributed by atoms with Crippen LogP contribution in [0, 0.1) is 3.57 Å². The molecule has 0 bridgehead atoms. The molecule has 0 saturated heterocycles. The molecule has 2 aromatic carbocycles. The quantitative estimate of drug-likeness (QED) is 0.399. The predicted octanol–water partition coefficient (Wildman–Crippen LogP) is 3.40. The molecule has 2 atom stereocenters. The number of nitrogens with zero attached hydrogens (tertiary/aromatic N) is 2. The maximum absolute atomic E-state index is 13.5. The van der Waals surface area contributed by atoms with E-state index >= 15 is 0 Å². The van der Waals surface area contributed by atoms with Gasteiger partial charge in [0.15, 0.2) is 0 Å². The Bertz CT molecular complexity index is 1070. The Hall–Kier alpha value is -2.34. The van der Waals surface area contributed by atoms with Gasteiger partial charge in [-0.25, -0.2) is 8.42 Å². The van der Waals surface area contributed by atoms with Gasteiger partial charge in [-0.1, -0.05) is 19.1 Å². The minimum Gasteiger partial charge on any atom is -0.497 e. The molecule has 0 saturated carbocycles. The number of halogens is 1. The van der Waals surface area contributed by atoms with E-state index in [9.17, 15) is 18.0 Å². The number of methoxy groups -OCH3 is 1. The van der Waals surface area contributed by atoms with Crippen molar-refractivity contribution in [1.82, 2.24) is 10.2 Å². The van der Waals surface area contributed by atoms with Gasteiger partial charge < -0.3 is 15.0 Å². The van der Waals surface area contributed by atoms with E-state index < -0.39 is 28.5 Å². The summed E-state index contributed by atoms with van der Waals surface area (Å²) in [7, 11) is -2.18. The van der Waals surface area contributed by atoms with E-state index in [1.807, 2.05) is 26.0 Å². The van der Waals surface area contributed by atoms with Gasteiger partial charge in [0.1, 0.15) is 18.3 Å². The summed E-state index contributed by atoms with van der Waals surface area (Å²) < 4.78 is 32.3. The van der Waals surface area contributed by atoms with Crippen molar-refractivity contribution < 1.29 is 22.7 Å². The molecule has 0 aliphatic rings. The molecule has 0 spiro atoms. The highest BCUT2D eigenvalue weighted by molar-refractivity contribution is 14.1. The second kappa shape index (κ2) is 12.4. The van der Waals surface area contributed by atoms with Crippen LogP contribution in [0.3, 0.4) is 0 Å². The molecule has 1 N–H and O–H groups in total. The van der Waals surface area contributed by atoms with Crippen molar-refractivity contribution in [3.8, 4) is 5.75 Å². The van der Waals surface area contributed by atoms with Crippen LogP contribution in [0.5, 0.6) is 5.75 Å². The average Bonchev–Trinajstić information content (AvgIpc) is 2.80. The number of ether oxygens (including phenoxy) is 1. The Balaban J connectivity index is 2.36. The lowest BCUT2D eigenvalue weighted by molar-refractivity contribution is -0.139. The van der Waals surface area contributed by atoms with Crippen molar-refractivity contribution in [2.75, 3.05) is 24.2 Å². The molecule has 2 rings (SSSR count). The predicted molar refractivity (Wildman–Crippen MR) is 142 cm³/mol. The molecule has 0 aliphatic heterocycles. The Kier molecular flexibility index (Phi) is 10.2. The molecule has 0 radical (unpaired) electrons. The minimum atomic E-state index is -3.74. The van der Waals surface area contributed by atoms with Crippen LogP contribution in [0.1, 0.15) is 32.8 Å². The molecule has 0 aromatic heterocycles. The average molecular weight is 602 g/mol. The number of carbonyl (C=O) groups excluding carboxylic acids is 2. The van der Waals surface area contributed by atoms with E-state index in [0.29, 0.717) is 11.4 Å². The zero-order valence-electron chi connectivity index (χ0n) is 20.1. The van der Waals surface area contributed by atoms with Crippen molar-refractivity contribution in [2.24, 2.45) is 0 Å². The fourth-order valence-electron chi connectivity index (χ4n) is 3.20. The molecule has 34 heavy (non-hydrogen) atoms. The highest BCUT2D eigenvalue weighted by atomic mass is 127. The van der Waals surface area contributed by atoms with Gasteiger partial charge in [0.05, 0.1) is 19.1 Å². The second-order valence-corrected chi connectivity index (χ2v) is 11.3. The zero-order valence-corrected chi connectivity index (χ0v) is 23.1. The number of carbonyl (C=O) groups is 2. The van der Waals surface area contributed by atoms with E-state index in [1.54, 1.807) is 50.4 Å². The van der Waals surface area contributed by atoms with Crippen molar-refractivity contribution in [3.63, 3.8) is 0 Å². The van der Waals surface area contributed by atoms with E-state index in [1.165, 1.54) is 4.90 Å². The van der Waals surface area contributed by atoms with Gasteiger partial charge in [-0.3, -0.25) is 13.9 Å². The van der Waals surface area contributed by atoms with Crippen molar-refractivity contribution in [1.29, 1.82) is 0 Å². The van der Waals surface area contributed by atoms with Gasteiger partial charge >= 0.3 is 0 Å². The molecule has 0 heterocycles. The highest BCUT2D eigenvalue weighted by Crippen LogP contribution is 2.21. The smallest absolute Gasteiger partial charge is 0.244 e. The summed E-state index contributed by atoms with van der Waals surface area (Å²) in [6.45, 7) is 5.22. The third kappa shape index (κ3) is 7.86. The number of hydrogen-bond acceptors (Lipinski definition) is 5. The molecular weight excluding hydrogens is 569 g/mol. The summed E-state index contributed by atoms with van der Waals surface area (Å²) in [5, 5.41) is 2.90. The topological polar surface area (TPSA) is 96.0 Å². The molecule has 0 aliphatic carbocycles. The first kappa shape index (κ1) is 27.9. The number of benzene rings is 2. The van der Waals surface area contributed by atoms with E-state index in [0.717, 1.165) is 26.1 Å². The lowest BCUT2D eigenvalue weighted by Gasteiger charge is -2.32. The normalized spacial score (nSPS) is 13.0. The monoisotopic (exact) mass is 601 g/mol. The van der Waals surface area contributed by atoms with Crippen LogP contribution in [-0.2, 0) is 26.2 Å². The zero-order chi connectivity index (χ0) is 25.5. The van der Waals surface area contributed by atoms with Gasteiger partial charge in [0, 0.05) is 16.2 Å². The second-order valence-electron chi connectivity index (χ2n) is 8.11. The number of sulfonamides is 1. The van der Waals surface area contributed by atoms with Gasteiger partial charge in [-0.2, -0.15) is 0 Å². The van der Waals surface area contributed by atoms with Crippen molar-refractivity contribution in [3.05, 3.63) is 57.7 Å². The molecule has 0 unspecified atom stereocenters. The number of amides is 2. The molecule has 0 fully saturated rings. The number of anilines is 1. The number of hydrogen-bond donors (Lipinski definition) is 1. The number of nitrogens with one attached hydrogen (secondary N) is 1. The third-order valence-electron chi connectivity index (χ3n) is 5.47. The van der Waals surface area contributed by atoms with Crippen molar-refractivity contribution >= 4 is 50.1 Å². The SMILES string of the molecule is CC[C@H](C)NC(=O)[C@H](C)N(Cc1ccc(OC)cc1)C(=O)CN(c1ccc(I)cc1)S(C)(=O)=O. The largest absolute Gasteiger partial charge is 0.497 e. The molecular formula is C24H32IN3O5S. The minimum absolute atomic E-state index is 0.0489. The van der Waals surface area contributed by atoms with E-state index in [2.05, 4.69) is 27.9 Å². The van der Waals surface area contributed by atoms with Gasteiger partial charge in [-0.15, -0.1) is 0 Å². The first-order chi connectivity index (χ1) is 16.0. The molecule has 2 aromatic rings. The van der Waals surface area contributed by atoms with Crippen LogP contribution in [0.15, 0.2) is 48.5 Å². The Morgan fingerprint density at radius 1 is 1.06 bits per heavy atom. The van der Waals surface area contributed by atoms with Crippen molar-refractivity contribution in [2.45, 2.75) is 45.8 Å². The third-order valence-corrected chi connectivity index (χ3v) is 7.33. The Morgan fingerprint density at radius 2 is 1.65 bits per heavy atom. The highest BCUT2D eigenvalue weighted by Gasteiger charge is 2.30. The summed E-state index contributed by atoms with van der Waals surface area (Å²) in [4.78, 5) is 27.8. The summed E-state index contributed by atoms with van der Waals surface area (Å²) >= 11 is 2.13. The lowest BCUT2D eigenvalue weighted by atomic mass is 10.1. The van der Waals surface area contributed by atoms with Crippen LogP contribution in [0.4, 0.5) is 5.69 Å². The van der Waals surface area contributed by atoms with Crippen LogP contribution < -0.4 is 14.4 Å². The summed E-state index contributed by atoms with van der Waals surface area (Å²) in [6.07, 6.45) is 1.81. The van der Waals surface area contributed by atoms with E-state index in [-0.39, 0.29) is 18.5 Å². The van der Waals surface area contributed by atoms with Gasteiger partial charge in [-0.05, 0) is 84.8 Å². The van der Waals surface area contributed by atoms with Gasteiger partial charge in [0.25, 0.3) is 0 Å². The lowest BCUT2D eigenvalue weighted by Crippen LogP contribution is -2.52. The number of rotatable bonds is 11. The summed E-state index contributed by atoms with van der Waals surface area (Å²) in [5.74, 6) is -0.103. The maximum Gasteiger partial charge on any atom is 0.244 e. The summed E-state index contributed by atoms with van der Waals surface area (Å²) in [6, 6.07) is 13.2. The fraction of sp³-hybridized carbons (Fsp3) is 0.417. The van der Waals surface area contributed by atoms with Crippen LogP contribution in [-0.4, -0.2) is 57.1 Å². The Morgan fingerprint density at radius 3 is 2.15 bits per heavy atom. The summed E-state index contributed by atoms with van der Waals surface area (Å²) in [5.41, 5.74) is 1.18. The molecule has 186 valence electrons. The first-order valence-corrected chi connectivity index (χ1v) is 13.8. The first-order valence-electron chi connectivity index (χ1n) is 10.9. The van der Waals surface area contributed by atoms with Gasteiger partial charge in [0.2, 0.25) is 21.8 Å². The molecule has 2 amide bonds. The van der Waals surface area contributed by atoms with Crippen LogP contribution in [0.2, 0.25) is 0 Å². The standard InChI is InChI=1S/C24H32IN3O5S/c1-6-17(2)26-24(30)18(3)27(15-19-7-13-22(33-4)14-8-19)23(29)16-28(34(5,31)32)21-11-9-20(25)10-12-21/h7-14,17-18H,6,15-16H2,1-5H3,(H,26,30)/t17-,18-/m0/s1. The van der Waals surface area contributed by atoms with E-state index in [4.69, 9.17) is 4.74 Å². The van der Waals surface area contributed by atoms with Crippen LogP contribution in [0.25, 0.3) is 0 Å². The Labute approximate surface area is 215 Å². The fourth-order valence-corrected chi connectivity index (χ4v) is 4.41. The maximum atomic E-state index is 13.5. The molecule has 10 heteroatoms.